The molecule has 0 aliphatic rings. The van der Waals surface area contributed by atoms with Gasteiger partial charge in [0.1, 0.15) is 0 Å². The quantitative estimate of drug-likeness (QED) is 0.233. The number of benzene rings is 2. The maximum absolute atomic E-state index is 11.6. The van der Waals surface area contributed by atoms with Gasteiger partial charge in [-0.25, -0.2) is 4.79 Å². The second kappa shape index (κ2) is 15.4. The van der Waals surface area contributed by atoms with Crippen LogP contribution in [0.4, 0.5) is 11.4 Å². The topological polar surface area (TPSA) is 50.4 Å². The number of nitrogens with one attached hydrogen (secondary N) is 2. The predicted molar refractivity (Wildman–Crippen MR) is 127 cm³/mol. The van der Waals surface area contributed by atoms with Gasteiger partial charge in [0.2, 0.25) is 0 Å². The molecular weight excluding hydrogens is 372 g/mol. The number of rotatable bonds is 16. The molecule has 0 fully saturated rings. The monoisotopic (exact) mass is 410 g/mol. The summed E-state index contributed by atoms with van der Waals surface area (Å²) in [5.74, 6) is -0.257. The summed E-state index contributed by atoms with van der Waals surface area (Å²) in [6.07, 6.45) is 11.8. The lowest BCUT2D eigenvalue weighted by Crippen LogP contribution is -2.05. The highest BCUT2D eigenvalue weighted by Crippen LogP contribution is 2.13. The van der Waals surface area contributed by atoms with Crippen molar-refractivity contribution >= 4 is 17.3 Å². The molecule has 0 saturated carbocycles. The fourth-order valence-corrected chi connectivity index (χ4v) is 3.45. The van der Waals surface area contributed by atoms with Crippen LogP contribution >= 0.6 is 0 Å². The molecule has 0 saturated heterocycles. The highest BCUT2D eigenvalue weighted by molar-refractivity contribution is 5.89. The van der Waals surface area contributed by atoms with Crippen molar-refractivity contribution < 1.29 is 9.53 Å². The Bertz CT molecular complexity index is 686. The maximum Gasteiger partial charge on any atom is 0.338 e. The number of esters is 1. The molecule has 0 aliphatic heterocycles. The van der Waals surface area contributed by atoms with Gasteiger partial charge in [0, 0.05) is 24.5 Å². The van der Waals surface area contributed by atoms with E-state index in [1.807, 2.05) is 31.2 Å². The highest BCUT2D eigenvalue weighted by Gasteiger charge is 2.05. The Morgan fingerprint density at radius 1 is 0.667 bits per heavy atom. The van der Waals surface area contributed by atoms with E-state index in [2.05, 4.69) is 41.0 Å². The van der Waals surface area contributed by atoms with Crippen LogP contribution in [-0.4, -0.2) is 25.7 Å². The molecular formula is C26H38N2O2. The molecule has 0 aliphatic carbocycles. The van der Waals surface area contributed by atoms with Crippen molar-refractivity contribution in [3.8, 4) is 0 Å². The fourth-order valence-electron chi connectivity index (χ4n) is 3.45. The summed E-state index contributed by atoms with van der Waals surface area (Å²) in [5.41, 5.74) is 2.89. The molecule has 0 unspecified atom stereocenters. The van der Waals surface area contributed by atoms with Gasteiger partial charge in [-0.05, 0) is 56.2 Å². The van der Waals surface area contributed by atoms with Gasteiger partial charge in [-0.15, -0.1) is 0 Å². The Kier molecular flexibility index (Phi) is 12.2. The van der Waals surface area contributed by atoms with Crippen LogP contribution in [0.15, 0.2) is 54.6 Å². The third-order valence-corrected chi connectivity index (χ3v) is 5.18. The lowest BCUT2D eigenvalue weighted by atomic mass is 10.1. The van der Waals surface area contributed by atoms with Crippen LogP contribution in [0.1, 0.15) is 75.1 Å². The van der Waals surface area contributed by atoms with Gasteiger partial charge in [-0.1, -0.05) is 63.1 Å². The average molecular weight is 411 g/mol. The second-order valence-electron chi connectivity index (χ2n) is 7.70. The third kappa shape index (κ3) is 10.3. The zero-order chi connectivity index (χ0) is 21.3. The molecule has 0 heterocycles. The molecule has 0 bridgehead atoms. The third-order valence-electron chi connectivity index (χ3n) is 5.18. The molecule has 2 N–H and O–H groups in total. The molecule has 164 valence electrons. The van der Waals surface area contributed by atoms with Gasteiger partial charge >= 0.3 is 5.97 Å². The Morgan fingerprint density at radius 3 is 1.63 bits per heavy atom. The van der Waals surface area contributed by atoms with Crippen LogP contribution in [0.5, 0.6) is 0 Å². The van der Waals surface area contributed by atoms with Crippen molar-refractivity contribution in [1.82, 2.24) is 0 Å². The average Bonchev–Trinajstić information content (AvgIpc) is 2.78. The smallest absolute Gasteiger partial charge is 0.338 e. The lowest BCUT2D eigenvalue weighted by Gasteiger charge is -2.08. The summed E-state index contributed by atoms with van der Waals surface area (Å²) >= 11 is 0. The van der Waals surface area contributed by atoms with E-state index in [1.165, 1.54) is 63.5 Å². The van der Waals surface area contributed by atoms with Crippen molar-refractivity contribution in [2.75, 3.05) is 30.3 Å². The number of unbranched alkanes of at least 4 members (excludes halogenated alkanes) is 8. The van der Waals surface area contributed by atoms with E-state index in [0.29, 0.717) is 12.2 Å². The minimum absolute atomic E-state index is 0.257. The van der Waals surface area contributed by atoms with Crippen molar-refractivity contribution in [3.63, 3.8) is 0 Å². The van der Waals surface area contributed by atoms with Crippen molar-refractivity contribution in [2.45, 2.75) is 64.7 Å². The Morgan fingerprint density at radius 2 is 1.13 bits per heavy atom. The van der Waals surface area contributed by atoms with E-state index in [0.717, 1.165) is 18.8 Å². The van der Waals surface area contributed by atoms with Crippen LogP contribution in [-0.2, 0) is 4.74 Å². The molecule has 0 amide bonds. The first-order valence-electron chi connectivity index (χ1n) is 11.6. The van der Waals surface area contributed by atoms with Crippen LogP contribution in [0.2, 0.25) is 0 Å². The standard InChI is InChI=1S/C26H38N2O2/c1-2-30-26(29)23-17-19-25(20-18-23)28-22-14-9-7-5-3-4-6-8-13-21-27-24-15-11-10-12-16-24/h10-12,15-20,27-28H,2-9,13-14,21-22H2,1H3. The van der Waals surface area contributed by atoms with Gasteiger partial charge in [0.15, 0.2) is 0 Å². The minimum Gasteiger partial charge on any atom is -0.462 e. The van der Waals surface area contributed by atoms with Gasteiger partial charge in [-0.2, -0.15) is 0 Å². The van der Waals surface area contributed by atoms with E-state index >= 15 is 0 Å². The second-order valence-corrected chi connectivity index (χ2v) is 7.70. The first kappa shape index (κ1) is 23.8. The van der Waals surface area contributed by atoms with Crippen LogP contribution in [0, 0.1) is 0 Å². The molecule has 2 aromatic rings. The Balaban J connectivity index is 1.37. The van der Waals surface area contributed by atoms with Crippen LogP contribution < -0.4 is 10.6 Å². The number of para-hydroxylation sites is 1. The normalized spacial score (nSPS) is 10.6. The zero-order valence-corrected chi connectivity index (χ0v) is 18.5. The van der Waals surface area contributed by atoms with Gasteiger partial charge < -0.3 is 15.4 Å². The first-order valence-corrected chi connectivity index (χ1v) is 11.6. The Hall–Kier alpha value is -2.49. The molecule has 0 radical (unpaired) electrons. The molecule has 4 heteroatoms. The van der Waals surface area contributed by atoms with Crippen LogP contribution in [0.25, 0.3) is 0 Å². The summed E-state index contributed by atoms with van der Waals surface area (Å²) in [7, 11) is 0. The number of ether oxygens (including phenoxy) is 1. The molecule has 0 aromatic heterocycles. The predicted octanol–water partition coefficient (Wildman–Crippen LogP) is 6.90. The van der Waals surface area contributed by atoms with Crippen molar-refractivity contribution in [2.24, 2.45) is 0 Å². The van der Waals surface area contributed by atoms with Crippen LogP contribution in [0.3, 0.4) is 0 Å². The molecule has 0 atom stereocenters. The lowest BCUT2D eigenvalue weighted by molar-refractivity contribution is 0.0526. The number of anilines is 2. The molecule has 30 heavy (non-hydrogen) atoms. The molecule has 2 aromatic carbocycles. The van der Waals surface area contributed by atoms with Gasteiger partial charge in [0.05, 0.1) is 12.2 Å². The van der Waals surface area contributed by atoms with Crippen molar-refractivity contribution in [1.29, 1.82) is 0 Å². The summed E-state index contributed by atoms with van der Waals surface area (Å²) in [5, 5.41) is 6.90. The Labute approximate surface area is 182 Å². The van der Waals surface area contributed by atoms with E-state index in [9.17, 15) is 4.79 Å². The molecule has 0 spiro atoms. The SMILES string of the molecule is CCOC(=O)c1ccc(NCCCCCCCCCCCNc2ccccc2)cc1. The van der Waals surface area contributed by atoms with Gasteiger partial charge in [0.25, 0.3) is 0 Å². The summed E-state index contributed by atoms with van der Waals surface area (Å²) in [6.45, 7) is 4.28. The fraction of sp³-hybridized carbons (Fsp3) is 0.500. The number of hydrogen-bond donors (Lipinski definition) is 2. The summed E-state index contributed by atoms with van der Waals surface area (Å²) < 4.78 is 5.00. The maximum atomic E-state index is 11.6. The van der Waals surface area contributed by atoms with E-state index in [1.54, 1.807) is 0 Å². The largest absolute Gasteiger partial charge is 0.462 e. The summed E-state index contributed by atoms with van der Waals surface area (Å²) in [6, 6.07) is 18.0. The number of hydrogen-bond acceptors (Lipinski definition) is 4. The summed E-state index contributed by atoms with van der Waals surface area (Å²) in [4.78, 5) is 11.6. The van der Waals surface area contributed by atoms with E-state index in [-0.39, 0.29) is 5.97 Å². The molecule has 4 nitrogen and oxygen atoms in total. The van der Waals surface area contributed by atoms with Crippen molar-refractivity contribution in [3.05, 3.63) is 60.2 Å². The number of carbonyl (C=O) groups excluding carboxylic acids is 1. The zero-order valence-electron chi connectivity index (χ0n) is 18.5. The molecule has 2 rings (SSSR count). The minimum atomic E-state index is -0.257. The number of carbonyl (C=O) groups is 1. The highest BCUT2D eigenvalue weighted by atomic mass is 16.5. The van der Waals surface area contributed by atoms with Gasteiger partial charge in [-0.3, -0.25) is 0 Å². The van der Waals surface area contributed by atoms with E-state index < -0.39 is 0 Å². The van der Waals surface area contributed by atoms with E-state index in [4.69, 9.17) is 4.74 Å². The first-order chi connectivity index (χ1) is 14.8.